The minimum Gasteiger partial charge on any atom is -0.493 e. The number of ether oxygens (including phenoxy) is 3. The number of thiazole rings is 1. The smallest absolute Gasteiger partial charge is 0.203 e. The van der Waals surface area contributed by atoms with Crippen molar-refractivity contribution in [2.75, 3.05) is 21.3 Å². The molecule has 1 aromatic heterocycles. The number of aryl methyl sites for hydroxylation is 2. The summed E-state index contributed by atoms with van der Waals surface area (Å²) < 4.78 is 19.1. The number of aromatic nitrogens is 1. The summed E-state index contributed by atoms with van der Waals surface area (Å²) in [4.78, 5) is 6.14. The zero-order valence-electron chi connectivity index (χ0n) is 18.9. The Kier molecular flexibility index (Phi) is 6.37. The van der Waals surface area contributed by atoms with E-state index in [0.717, 1.165) is 21.7 Å². The molecule has 31 heavy (non-hydrogen) atoms. The van der Waals surface area contributed by atoms with E-state index in [4.69, 9.17) is 19.2 Å². The Hall–Kier alpha value is -2.73. The summed E-state index contributed by atoms with van der Waals surface area (Å²) in [5.74, 6) is 1.93. The third kappa shape index (κ3) is 4.22. The second-order valence-electron chi connectivity index (χ2n) is 8.03. The Morgan fingerprint density at radius 2 is 1.61 bits per heavy atom. The van der Waals surface area contributed by atoms with Crippen LogP contribution < -0.4 is 19.0 Å². The molecule has 1 heterocycles. The Bertz CT molecular complexity index is 1110. The van der Waals surface area contributed by atoms with Crippen molar-refractivity contribution in [1.82, 2.24) is 4.57 Å². The molecular weight excluding hydrogens is 408 g/mol. The number of hydrogen-bond donors (Lipinski definition) is 0. The predicted octanol–water partition coefficient (Wildman–Crippen LogP) is 6.21. The molecule has 0 atom stereocenters. The SMILES string of the molecule is COc1cc(-c2csc(=Nc3cc(C)ccc3C)n2C2CCCC2)cc(OC)c1OC. The number of rotatable bonds is 6. The predicted molar refractivity (Wildman–Crippen MR) is 126 cm³/mol. The molecule has 3 aromatic rings. The molecule has 1 aliphatic rings. The molecule has 5 nitrogen and oxygen atoms in total. The van der Waals surface area contributed by atoms with Crippen LogP contribution in [0.3, 0.4) is 0 Å². The first-order chi connectivity index (χ1) is 15.0. The lowest BCUT2D eigenvalue weighted by Gasteiger charge is -2.18. The molecule has 0 aliphatic heterocycles. The molecule has 0 unspecified atom stereocenters. The lowest BCUT2D eigenvalue weighted by atomic mass is 10.1. The van der Waals surface area contributed by atoms with Crippen LogP contribution in [0, 0.1) is 13.8 Å². The molecule has 1 saturated carbocycles. The average molecular weight is 439 g/mol. The zero-order chi connectivity index (χ0) is 22.0. The summed E-state index contributed by atoms with van der Waals surface area (Å²) in [7, 11) is 4.94. The number of methoxy groups -OCH3 is 3. The van der Waals surface area contributed by atoms with Crippen molar-refractivity contribution in [1.29, 1.82) is 0 Å². The first kappa shape index (κ1) is 21.5. The van der Waals surface area contributed by atoms with Gasteiger partial charge in [0.15, 0.2) is 16.3 Å². The topological polar surface area (TPSA) is 45.0 Å². The van der Waals surface area contributed by atoms with Gasteiger partial charge in [0, 0.05) is 17.0 Å². The van der Waals surface area contributed by atoms with Crippen LogP contribution in [0.1, 0.15) is 42.9 Å². The van der Waals surface area contributed by atoms with Gasteiger partial charge in [-0.2, -0.15) is 0 Å². The average Bonchev–Trinajstić information content (AvgIpc) is 3.45. The third-order valence-corrected chi connectivity index (χ3v) is 6.81. The van der Waals surface area contributed by atoms with Crippen LogP contribution in [0.25, 0.3) is 11.3 Å². The standard InChI is InChI=1S/C25H30N2O3S/c1-16-10-11-17(2)20(12-16)26-25-27(19-8-6-7-9-19)21(15-31-25)18-13-22(28-3)24(30-5)23(14-18)29-4/h10-15,19H,6-9H2,1-5H3. The van der Waals surface area contributed by atoms with E-state index in [2.05, 4.69) is 42.0 Å². The fourth-order valence-corrected chi connectivity index (χ4v) is 5.28. The molecule has 1 aliphatic carbocycles. The highest BCUT2D eigenvalue weighted by Gasteiger charge is 2.23. The van der Waals surface area contributed by atoms with Gasteiger partial charge in [0.1, 0.15) is 0 Å². The van der Waals surface area contributed by atoms with E-state index in [1.165, 1.54) is 36.8 Å². The monoisotopic (exact) mass is 438 g/mol. The van der Waals surface area contributed by atoms with E-state index < -0.39 is 0 Å². The molecule has 0 amide bonds. The highest BCUT2D eigenvalue weighted by molar-refractivity contribution is 7.07. The lowest BCUT2D eigenvalue weighted by molar-refractivity contribution is 0.324. The fourth-order valence-electron chi connectivity index (χ4n) is 4.30. The molecule has 6 heteroatoms. The van der Waals surface area contributed by atoms with Gasteiger partial charge in [0.25, 0.3) is 0 Å². The van der Waals surface area contributed by atoms with E-state index in [-0.39, 0.29) is 0 Å². The molecule has 2 aromatic carbocycles. The Morgan fingerprint density at radius 1 is 0.935 bits per heavy atom. The van der Waals surface area contributed by atoms with Gasteiger partial charge in [-0.15, -0.1) is 11.3 Å². The minimum absolute atomic E-state index is 0.448. The van der Waals surface area contributed by atoms with Crippen molar-refractivity contribution in [3.05, 3.63) is 51.6 Å². The summed E-state index contributed by atoms with van der Waals surface area (Å²) in [6.45, 7) is 4.23. The van der Waals surface area contributed by atoms with Gasteiger partial charge in [0.05, 0.1) is 32.7 Å². The number of nitrogens with zero attached hydrogens (tertiary/aromatic N) is 2. The second-order valence-corrected chi connectivity index (χ2v) is 8.86. The summed E-state index contributed by atoms with van der Waals surface area (Å²) in [5.41, 5.74) is 5.62. The Balaban J connectivity index is 1.92. The quantitative estimate of drug-likeness (QED) is 0.460. The molecule has 1 fully saturated rings. The number of hydrogen-bond acceptors (Lipinski definition) is 5. The second kappa shape index (κ2) is 9.18. The Morgan fingerprint density at radius 3 is 2.23 bits per heavy atom. The van der Waals surface area contributed by atoms with E-state index in [1.54, 1.807) is 32.7 Å². The highest BCUT2D eigenvalue weighted by Crippen LogP contribution is 2.42. The van der Waals surface area contributed by atoms with Crippen LogP contribution in [0.2, 0.25) is 0 Å². The van der Waals surface area contributed by atoms with Crippen molar-refractivity contribution >= 4 is 17.0 Å². The van der Waals surface area contributed by atoms with Crippen LogP contribution in [0.5, 0.6) is 17.2 Å². The summed E-state index contributed by atoms with van der Waals surface area (Å²) >= 11 is 1.69. The molecular formula is C25H30N2O3S. The first-order valence-corrected chi connectivity index (χ1v) is 11.6. The fraction of sp³-hybridized carbons (Fsp3) is 0.400. The van der Waals surface area contributed by atoms with Gasteiger partial charge in [-0.05, 0) is 56.0 Å². The van der Waals surface area contributed by atoms with Crippen LogP contribution in [-0.2, 0) is 0 Å². The van der Waals surface area contributed by atoms with Gasteiger partial charge >= 0.3 is 0 Å². The molecule has 164 valence electrons. The van der Waals surface area contributed by atoms with Gasteiger partial charge in [-0.3, -0.25) is 0 Å². The lowest BCUT2D eigenvalue weighted by Crippen LogP contribution is -2.20. The van der Waals surface area contributed by atoms with Crippen molar-refractivity contribution < 1.29 is 14.2 Å². The van der Waals surface area contributed by atoms with Crippen LogP contribution in [0.15, 0.2) is 40.7 Å². The van der Waals surface area contributed by atoms with E-state index in [9.17, 15) is 0 Å². The maximum atomic E-state index is 5.60. The van der Waals surface area contributed by atoms with Crippen molar-refractivity contribution in [3.63, 3.8) is 0 Å². The van der Waals surface area contributed by atoms with Gasteiger partial charge < -0.3 is 18.8 Å². The normalized spacial score (nSPS) is 14.8. The van der Waals surface area contributed by atoms with E-state index in [0.29, 0.717) is 23.3 Å². The van der Waals surface area contributed by atoms with Gasteiger partial charge in [0.2, 0.25) is 5.75 Å². The molecule has 0 radical (unpaired) electrons. The van der Waals surface area contributed by atoms with Crippen LogP contribution in [0.4, 0.5) is 5.69 Å². The summed E-state index contributed by atoms with van der Waals surface area (Å²) in [6, 6.07) is 10.9. The molecule has 0 saturated heterocycles. The molecule has 0 spiro atoms. The summed E-state index contributed by atoms with van der Waals surface area (Å²) in [6.07, 6.45) is 4.86. The summed E-state index contributed by atoms with van der Waals surface area (Å²) in [5, 5.41) is 2.20. The highest BCUT2D eigenvalue weighted by atomic mass is 32.1. The Labute approximate surface area is 187 Å². The third-order valence-electron chi connectivity index (χ3n) is 5.97. The van der Waals surface area contributed by atoms with Gasteiger partial charge in [-0.1, -0.05) is 25.0 Å². The largest absolute Gasteiger partial charge is 0.493 e. The van der Waals surface area contributed by atoms with Crippen molar-refractivity contribution in [3.8, 4) is 28.5 Å². The van der Waals surface area contributed by atoms with Crippen LogP contribution >= 0.6 is 11.3 Å². The maximum absolute atomic E-state index is 5.60. The van der Waals surface area contributed by atoms with E-state index in [1.807, 2.05) is 12.1 Å². The molecule has 0 N–H and O–H groups in total. The zero-order valence-corrected chi connectivity index (χ0v) is 19.7. The molecule has 0 bridgehead atoms. The van der Waals surface area contributed by atoms with Crippen molar-refractivity contribution in [2.45, 2.75) is 45.6 Å². The maximum Gasteiger partial charge on any atom is 0.203 e. The minimum atomic E-state index is 0.448. The van der Waals surface area contributed by atoms with E-state index >= 15 is 0 Å². The number of benzene rings is 2. The first-order valence-electron chi connectivity index (χ1n) is 10.7. The molecule has 4 rings (SSSR count). The van der Waals surface area contributed by atoms with Crippen LogP contribution in [-0.4, -0.2) is 25.9 Å². The van der Waals surface area contributed by atoms with Crippen molar-refractivity contribution in [2.24, 2.45) is 4.99 Å². The van der Waals surface area contributed by atoms with Gasteiger partial charge in [-0.25, -0.2) is 4.99 Å².